The van der Waals surface area contributed by atoms with Crippen LogP contribution in [0.3, 0.4) is 0 Å². The summed E-state index contributed by atoms with van der Waals surface area (Å²) in [4.78, 5) is 13.8. The maximum atomic E-state index is 12.3. The van der Waals surface area contributed by atoms with E-state index in [-0.39, 0.29) is 17.9 Å². The first kappa shape index (κ1) is 14.2. The van der Waals surface area contributed by atoms with Crippen LogP contribution in [0.1, 0.15) is 35.3 Å². The van der Waals surface area contributed by atoms with Crippen LogP contribution in [0.25, 0.3) is 0 Å². The standard InChI is InChI=1S/C15H20N2O/c1-10(2)14(9-16)17(5)15(18)13-7-6-11(3)12(4)8-13/h6-8,10,14H,1-5H3. The van der Waals surface area contributed by atoms with Gasteiger partial charge in [0.05, 0.1) is 6.07 Å². The van der Waals surface area contributed by atoms with Gasteiger partial charge in [-0.15, -0.1) is 0 Å². The summed E-state index contributed by atoms with van der Waals surface area (Å²) < 4.78 is 0. The van der Waals surface area contributed by atoms with E-state index in [4.69, 9.17) is 5.26 Å². The topological polar surface area (TPSA) is 44.1 Å². The lowest BCUT2D eigenvalue weighted by molar-refractivity contribution is 0.0736. The van der Waals surface area contributed by atoms with Crippen molar-refractivity contribution < 1.29 is 4.79 Å². The Morgan fingerprint density at radius 1 is 1.28 bits per heavy atom. The fourth-order valence-corrected chi connectivity index (χ4v) is 1.89. The summed E-state index contributed by atoms with van der Waals surface area (Å²) in [6.45, 7) is 7.88. The van der Waals surface area contributed by atoms with Crippen molar-refractivity contribution in [3.05, 3.63) is 34.9 Å². The lowest BCUT2D eigenvalue weighted by Crippen LogP contribution is -2.39. The molecule has 1 atom stereocenters. The number of hydrogen-bond donors (Lipinski definition) is 0. The van der Waals surface area contributed by atoms with Gasteiger partial charge in [0.2, 0.25) is 0 Å². The van der Waals surface area contributed by atoms with Crippen molar-refractivity contribution >= 4 is 5.91 Å². The van der Waals surface area contributed by atoms with Gasteiger partial charge in [0, 0.05) is 12.6 Å². The van der Waals surface area contributed by atoms with Crippen LogP contribution in [0.4, 0.5) is 0 Å². The highest BCUT2D eigenvalue weighted by Crippen LogP contribution is 2.15. The molecule has 0 saturated heterocycles. The molecule has 0 saturated carbocycles. The maximum Gasteiger partial charge on any atom is 0.254 e. The van der Waals surface area contributed by atoms with Gasteiger partial charge < -0.3 is 4.90 Å². The maximum absolute atomic E-state index is 12.3. The fourth-order valence-electron chi connectivity index (χ4n) is 1.89. The molecule has 0 aliphatic heterocycles. The SMILES string of the molecule is Cc1ccc(C(=O)N(C)C(C#N)C(C)C)cc1C. The molecule has 96 valence electrons. The predicted octanol–water partition coefficient (Wildman–Crippen LogP) is 2.92. The van der Waals surface area contributed by atoms with Crippen molar-refractivity contribution in [1.29, 1.82) is 5.26 Å². The number of carbonyl (C=O) groups is 1. The van der Waals surface area contributed by atoms with Crippen molar-refractivity contribution in [2.45, 2.75) is 33.7 Å². The molecule has 0 aliphatic carbocycles. The lowest BCUT2D eigenvalue weighted by atomic mass is 10.0. The minimum Gasteiger partial charge on any atom is -0.325 e. The van der Waals surface area contributed by atoms with E-state index in [1.165, 1.54) is 4.90 Å². The highest BCUT2D eigenvalue weighted by molar-refractivity contribution is 5.94. The second-order valence-corrected chi connectivity index (χ2v) is 5.03. The third kappa shape index (κ3) is 2.89. The van der Waals surface area contributed by atoms with Gasteiger partial charge in [0.15, 0.2) is 0 Å². The van der Waals surface area contributed by atoms with Gasteiger partial charge in [0.25, 0.3) is 5.91 Å². The third-order valence-corrected chi connectivity index (χ3v) is 3.26. The number of aryl methyl sites for hydroxylation is 2. The molecule has 0 fully saturated rings. The second-order valence-electron chi connectivity index (χ2n) is 5.03. The van der Waals surface area contributed by atoms with Crippen LogP contribution in [0.15, 0.2) is 18.2 Å². The summed E-state index contributed by atoms with van der Waals surface area (Å²) in [5.41, 5.74) is 2.89. The monoisotopic (exact) mass is 244 g/mol. The predicted molar refractivity (Wildman–Crippen MR) is 72.2 cm³/mol. The highest BCUT2D eigenvalue weighted by atomic mass is 16.2. The Kier molecular flexibility index (Phi) is 4.49. The van der Waals surface area contributed by atoms with Gasteiger partial charge in [-0.05, 0) is 43.0 Å². The molecule has 1 unspecified atom stereocenters. The Bertz CT molecular complexity index is 486. The molecule has 3 heteroatoms. The minimum atomic E-state index is -0.390. The van der Waals surface area contributed by atoms with Crippen LogP contribution in [0.2, 0.25) is 0 Å². The molecule has 1 amide bonds. The Morgan fingerprint density at radius 3 is 2.33 bits per heavy atom. The number of carbonyl (C=O) groups excluding carboxylic acids is 1. The van der Waals surface area contributed by atoms with Crippen LogP contribution >= 0.6 is 0 Å². The molecule has 0 aromatic heterocycles. The molecule has 0 N–H and O–H groups in total. The van der Waals surface area contributed by atoms with E-state index in [0.717, 1.165) is 11.1 Å². The second kappa shape index (κ2) is 5.68. The fraction of sp³-hybridized carbons (Fsp3) is 0.467. The Morgan fingerprint density at radius 2 is 1.89 bits per heavy atom. The van der Waals surface area contributed by atoms with E-state index < -0.39 is 0 Å². The normalized spacial score (nSPS) is 12.1. The quantitative estimate of drug-likeness (QED) is 0.820. The molecule has 1 rings (SSSR count). The Labute approximate surface area is 109 Å². The first-order valence-corrected chi connectivity index (χ1v) is 6.12. The molecule has 18 heavy (non-hydrogen) atoms. The van der Waals surface area contributed by atoms with Crippen molar-refractivity contribution in [3.8, 4) is 6.07 Å². The van der Waals surface area contributed by atoms with Crippen molar-refractivity contribution in [2.75, 3.05) is 7.05 Å². The molecule has 1 aromatic rings. The van der Waals surface area contributed by atoms with Gasteiger partial charge in [-0.3, -0.25) is 4.79 Å². The summed E-state index contributed by atoms with van der Waals surface area (Å²) in [6, 6.07) is 7.42. The number of amides is 1. The summed E-state index contributed by atoms with van der Waals surface area (Å²) in [7, 11) is 1.69. The smallest absolute Gasteiger partial charge is 0.254 e. The third-order valence-electron chi connectivity index (χ3n) is 3.26. The van der Waals surface area contributed by atoms with Crippen LogP contribution in [0.5, 0.6) is 0 Å². The lowest BCUT2D eigenvalue weighted by Gasteiger charge is -2.25. The van der Waals surface area contributed by atoms with E-state index in [2.05, 4.69) is 6.07 Å². The Balaban J connectivity index is 3.00. The molecule has 1 aromatic carbocycles. The molecule has 0 bridgehead atoms. The van der Waals surface area contributed by atoms with Crippen molar-refractivity contribution in [3.63, 3.8) is 0 Å². The molecular weight excluding hydrogens is 224 g/mol. The average Bonchev–Trinajstić information content (AvgIpc) is 2.32. The van der Waals surface area contributed by atoms with Gasteiger partial charge in [-0.2, -0.15) is 5.26 Å². The van der Waals surface area contributed by atoms with Gasteiger partial charge in [-0.25, -0.2) is 0 Å². The largest absolute Gasteiger partial charge is 0.325 e. The van der Waals surface area contributed by atoms with Gasteiger partial charge in [-0.1, -0.05) is 19.9 Å². The highest BCUT2D eigenvalue weighted by Gasteiger charge is 2.23. The first-order chi connectivity index (χ1) is 8.38. The zero-order valence-electron chi connectivity index (χ0n) is 11.7. The van der Waals surface area contributed by atoms with E-state index in [0.29, 0.717) is 5.56 Å². The van der Waals surface area contributed by atoms with Crippen LogP contribution < -0.4 is 0 Å². The average molecular weight is 244 g/mol. The van der Waals surface area contributed by atoms with Crippen molar-refractivity contribution in [2.24, 2.45) is 5.92 Å². The molecule has 3 nitrogen and oxygen atoms in total. The van der Waals surface area contributed by atoms with Gasteiger partial charge >= 0.3 is 0 Å². The molecule has 0 aliphatic rings. The molecular formula is C15H20N2O. The Hall–Kier alpha value is -1.82. The molecule has 0 radical (unpaired) electrons. The number of rotatable bonds is 3. The zero-order chi connectivity index (χ0) is 13.9. The number of hydrogen-bond acceptors (Lipinski definition) is 2. The summed E-state index contributed by atoms with van der Waals surface area (Å²) in [6.07, 6.45) is 0. The van der Waals surface area contributed by atoms with Crippen LogP contribution in [-0.2, 0) is 0 Å². The van der Waals surface area contributed by atoms with Crippen LogP contribution in [-0.4, -0.2) is 23.9 Å². The number of nitriles is 1. The van der Waals surface area contributed by atoms with Crippen LogP contribution in [0, 0.1) is 31.1 Å². The zero-order valence-corrected chi connectivity index (χ0v) is 11.7. The summed E-state index contributed by atoms with van der Waals surface area (Å²) in [5.74, 6) is 0.0221. The summed E-state index contributed by atoms with van der Waals surface area (Å²) >= 11 is 0. The van der Waals surface area contributed by atoms with E-state index in [1.807, 2.05) is 45.9 Å². The molecule has 0 spiro atoms. The molecule has 0 heterocycles. The van der Waals surface area contributed by atoms with E-state index in [1.54, 1.807) is 7.05 Å². The number of benzene rings is 1. The van der Waals surface area contributed by atoms with Gasteiger partial charge in [0.1, 0.15) is 6.04 Å². The van der Waals surface area contributed by atoms with E-state index >= 15 is 0 Å². The van der Waals surface area contributed by atoms with E-state index in [9.17, 15) is 4.79 Å². The number of nitrogens with zero attached hydrogens (tertiary/aromatic N) is 2. The minimum absolute atomic E-state index is 0.0987. The first-order valence-electron chi connectivity index (χ1n) is 6.12. The summed E-state index contributed by atoms with van der Waals surface area (Å²) in [5, 5.41) is 9.12. The van der Waals surface area contributed by atoms with Crippen molar-refractivity contribution in [1.82, 2.24) is 4.90 Å².